The summed E-state index contributed by atoms with van der Waals surface area (Å²) in [5.74, 6) is -3.14. The van der Waals surface area contributed by atoms with E-state index < -0.39 is 44.8 Å². The van der Waals surface area contributed by atoms with Crippen molar-refractivity contribution in [1.82, 2.24) is 10.3 Å². The summed E-state index contributed by atoms with van der Waals surface area (Å²) in [6.07, 6.45) is 0.670. The van der Waals surface area contributed by atoms with Crippen molar-refractivity contribution < 1.29 is 22.4 Å². The number of nitrogens with zero attached hydrogens (tertiary/aromatic N) is 1. The third-order valence-corrected chi connectivity index (χ3v) is 11.1. The summed E-state index contributed by atoms with van der Waals surface area (Å²) in [7, 11) is -4.15. The molecule has 2 aromatic carbocycles. The van der Waals surface area contributed by atoms with E-state index in [1.807, 2.05) is 41.9 Å². The summed E-state index contributed by atoms with van der Waals surface area (Å²) in [5.41, 5.74) is 7.45. The van der Waals surface area contributed by atoms with Crippen molar-refractivity contribution in [2.75, 3.05) is 0 Å². The van der Waals surface area contributed by atoms with Gasteiger partial charge in [-0.3, -0.25) is 14.9 Å². The Labute approximate surface area is 252 Å². The predicted molar refractivity (Wildman–Crippen MR) is 166 cm³/mol. The van der Waals surface area contributed by atoms with Gasteiger partial charge in [-0.15, -0.1) is 22.7 Å². The van der Waals surface area contributed by atoms with Gasteiger partial charge < -0.3 is 10.2 Å². The normalized spacial score (nSPS) is 14.1. The van der Waals surface area contributed by atoms with Crippen LogP contribution in [-0.4, -0.2) is 36.4 Å². The molecule has 3 heterocycles. The van der Waals surface area contributed by atoms with Gasteiger partial charge in [0.05, 0.1) is 17.0 Å². The average molecular weight is 622 g/mol. The van der Waals surface area contributed by atoms with Gasteiger partial charge in [-0.1, -0.05) is 67.9 Å². The van der Waals surface area contributed by atoms with Crippen LogP contribution in [0.4, 0.5) is 0 Å². The summed E-state index contributed by atoms with van der Waals surface area (Å²) >= 11 is 2.96. The van der Waals surface area contributed by atoms with Crippen LogP contribution in [0.5, 0.6) is 0 Å². The maximum absolute atomic E-state index is 14.4. The molecule has 0 aliphatic rings. The Morgan fingerprint density at radius 1 is 0.929 bits per heavy atom. The highest BCUT2D eigenvalue weighted by Crippen LogP contribution is 2.34. The number of hydrogen-bond donors (Lipinski definition) is 2. The summed E-state index contributed by atoms with van der Waals surface area (Å²) in [6.45, 7) is 1.86. The standard InChI is InChI=1S/C31H31N3O5S3/c1-2-10-21(28(35)31-33-22-13-6-7-14-23(22)39-31)29(42(37,38)19-20-11-4-3-5-12-20)27(30(32)36)34-26(24-15-8-17-40-24)25-16-9-18-41-25/h3-9,11-18,21,26-27,29,34H,2,10,19H2,1H3,(H2,32,36). The number of oxazole rings is 1. The molecule has 0 radical (unpaired) electrons. The third-order valence-electron chi connectivity index (χ3n) is 7.10. The summed E-state index contributed by atoms with van der Waals surface area (Å²) in [4.78, 5) is 33.5. The van der Waals surface area contributed by atoms with Crippen LogP contribution in [0.15, 0.2) is 94.0 Å². The fourth-order valence-electron chi connectivity index (χ4n) is 5.22. The Bertz CT molecular complexity index is 1670. The number of carbonyl (C=O) groups is 2. The number of primary amides is 1. The number of amides is 1. The van der Waals surface area contributed by atoms with Crippen molar-refractivity contribution in [2.45, 2.75) is 42.9 Å². The summed E-state index contributed by atoms with van der Waals surface area (Å²) in [6, 6.07) is 21.4. The van der Waals surface area contributed by atoms with E-state index in [0.29, 0.717) is 23.1 Å². The fraction of sp³-hybridized carbons (Fsp3) is 0.258. The van der Waals surface area contributed by atoms with Gasteiger partial charge in [0.1, 0.15) is 11.6 Å². The van der Waals surface area contributed by atoms with E-state index in [9.17, 15) is 18.0 Å². The zero-order valence-electron chi connectivity index (χ0n) is 22.9. The largest absolute Gasteiger partial charge is 0.434 e. The number of fused-ring (bicyclic) bond motifs is 1. The van der Waals surface area contributed by atoms with E-state index in [1.165, 1.54) is 22.7 Å². The van der Waals surface area contributed by atoms with E-state index in [2.05, 4.69) is 10.3 Å². The van der Waals surface area contributed by atoms with E-state index in [-0.39, 0.29) is 18.1 Å². The number of aromatic nitrogens is 1. The van der Waals surface area contributed by atoms with E-state index >= 15 is 0 Å². The molecular weight excluding hydrogens is 591 g/mol. The van der Waals surface area contributed by atoms with Crippen LogP contribution in [-0.2, 0) is 20.4 Å². The summed E-state index contributed by atoms with van der Waals surface area (Å²) < 4.78 is 34.5. The lowest BCUT2D eigenvalue weighted by Crippen LogP contribution is -2.57. The monoisotopic (exact) mass is 621 g/mol. The predicted octanol–water partition coefficient (Wildman–Crippen LogP) is 5.77. The molecule has 0 aliphatic heterocycles. The minimum absolute atomic E-state index is 0.185. The topological polar surface area (TPSA) is 132 Å². The van der Waals surface area contributed by atoms with Crippen LogP contribution < -0.4 is 11.1 Å². The highest BCUT2D eigenvalue weighted by atomic mass is 32.2. The molecule has 218 valence electrons. The Morgan fingerprint density at radius 3 is 2.14 bits per heavy atom. The van der Waals surface area contributed by atoms with Gasteiger partial charge in [-0.2, -0.15) is 0 Å². The molecule has 0 saturated heterocycles. The average Bonchev–Trinajstić information content (AvgIpc) is 3.76. The van der Waals surface area contributed by atoms with Gasteiger partial charge in [0.15, 0.2) is 15.4 Å². The van der Waals surface area contributed by atoms with Crippen LogP contribution in [0.1, 0.15) is 51.8 Å². The van der Waals surface area contributed by atoms with Gasteiger partial charge in [0.25, 0.3) is 5.89 Å². The zero-order valence-corrected chi connectivity index (χ0v) is 25.3. The second-order valence-electron chi connectivity index (χ2n) is 10.0. The van der Waals surface area contributed by atoms with Gasteiger partial charge >= 0.3 is 0 Å². The molecule has 8 nitrogen and oxygen atoms in total. The molecule has 5 aromatic rings. The quantitative estimate of drug-likeness (QED) is 0.151. The molecule has 5 rings (SSSR count). The molecule has 3 atom stereocenters. The number of ketones is 1. The Kier molecular flexibility index (Phi) is 9.32. The van der Waals surface area contributed by atoms with Crippen molar-refractivity contribution in [3.05, 3.63) is 111 Å². The van der Waals surface area contributed by atoms with Crippen LogP contribution in [0, 0.1) is 5.92 Å². The van der Waals surface area contributed by atoms with Gasteiger partial charge in [-0.25, -0.2) is 13.4 Å². The fourth-order valence-corrected chi connectivity index (χ4v) is 9.14. The van der Waals surface area contributed by atoms with Crippen LogP contribution in [0.25, 0.3) is 11.1 Å². The molecule has 42 heavy (non-hydrogen) atoms. The first kappa shape index (κ1) is 29.8. The number of hydrogen-bond acceptors (Lipinski definition) is 9. The third kappa shape index (κ3) is 6.54. The van der Waals surface area contributed by atoms with Crippen LogP contribution >= 0.6 is 22.7 Å². The number of thiophene rings is 2. The number of carbonyl (C=O) groups excluding carboxylic acids is 2. The highest BCUT2D eigenvalue weighted by molar-refractivity contribution is 7.91. The van der Waals surface area contributed by atoms with Gasteiger partial charge in [0.2, 0.25) is 11.7 Å². The Balaban J connectivity index is 1.62. The number of nitrogens with one attached hydrogen (secondary N) is 1. The van der Waals surface area contributed by atoms with E-state index in [4.69, 9.17) is 10.2 Å². The lowest BCUT2D eigenvalue weighted by Gasteiger charge is -2.33. The molecule has 11 heteroatoms. The number of sulfone groups is 1. The van der Waals surface area contributed by atoms with Crippen molar-refractivity contribution in [2.24, 2.45) is 11.7 Å². The molecule has 3 unspecified atom stereocenters. The first-order chi connectivity index (χ1) is 20.3. The minimum Gasteiger partial charge on any atom is -0.434 e. The van der Waals surface area contributed by atoms with E-state index in [1.54, 1.807) is 54.6 Å². The molecule has 0 aliphatic carbocycles. The smallest absolute Gasteiger partial charge is 0.264 e. The van der Waals surface area contributed by atoms with E-state index in [0.717, 1.165) is 9.75 Å². The zero-order chi connectivity index (χ0) is 29.7. The lowest BCUT2D eigenvalue weighted by atomic mass is 9.89. The van der Waals surface area contributed by atoms with Gasteiger partial charge in [-0.05, 0) is 47.0 Å². The van der Waals surface area contributed by atoms with Gasteiger partial charge in [0, 0.05) is 15.7 Å². The van der Waals surface area contributed by atoms with Crippen molar-refractivity contribution in [3.8, 4) is 0 Å². The lowest BCUT2D eigenvalue weighted by molar-refractivity contribution is -0.120. The molecule has 0 bridgehead atoms. The van der Waals surface area contributed by atoms with Crippen molar-refractivity contribution in [3.63, 3.8) is 0 Å². The molecule has 3 N–H and O–H groups in total. The number of rotatable bonds is 14. The van der Waals surface area contributed by atoms with Crippen LogP contribution in [0.3, 0.4) is 0 Å². The molecule has 0 spiro atoms. The number of benzene rings is 2. The molecule has 3 aromatic heterocycles. The number of nitrogens with two attached hydrogens (primary N) is 1. The molecule has 0 saturated carbocycles. The second kappa shape index (κ2) is 13.1. The molecule has 0 fully saturated rings. The minimum atomic E-state index is -4.15. The first-order valence-electron chi connectivity index (χ1n) is 13.6. The van der Waals surface area contributed by atoms with Crippen LogP contribution in [0.2, 0.25) is 0 Å². The number of Topliss-reactive ketones (excluding diaryl/α,β-unsaturated/α-hetero) is 1. The highest BCUT2D eigenvalue weighted by Gasteiger charge is 2.47. The first-order valence-corrected chi connectivity index (χ1v) is 17.0. The van der Waals surface area contributed by atoms with Crippen molar-refractivity contribution >= 4 is 55.3 Å². The maximum atomic E-state index is 14.4. The Hall–Kier alpha value is -3.64. The number of para-hydroxylation sites is 2. The van der Waals surface area contributed by atoms with Crippen molar-refractivity contribution in [1.29, 1.82) is 0 Å². The summed E-state index contributed by atoms with van der Waals surface area (Å²) in [5, 5.41) is 5.63. The molecule has 1 amide bonds. The Morgan fingerprint density at radius 2 is 1.57 bits per heavy atom. The second-order valence-corrected chi connectivity index (χ2v) is 14.1. The maximum Gasteiger partial charge on any atom is 0.264 e. The molecular formula is C31H31N3O5S3. The SMILES string of the molecule is CCCC(C(=O)c1nc2ccccc2o1)C(C(NC(c1cccs1)c1cccs1)C(N)=O)S(=O)(=O)Cc1ccccc1.